The number of ether oxygens (including phenoxy) is 2. The van der Waals surface area contributed by atoms with Crippen LogP contribution in [0.4, 0.5) is 0 Å². The minimum atomic E-state index is -0.668. The van der Waals surface area contributed by atoms with Crippen LogP contribution in [-0.2, 0) is 4.79 Å². The van der Waals surface area contributed by atoms with E-state index in [0.29, 0.717) is 30.9 Å². The summed E-state index contributed by atoms with van der Waals surface area (Å²) in [5, 5.41) is 11.3. The highest BCUT2D eigenvalue weighted by Gasteiger charge is 2.50. The summed E-state index contributed by atoms with van der Waals surface area (Å²) in [4.78, 5) is 14.8. The van der Waals surface area contributed by atoms with Gasteiger partial charge in [0.25, 0.3) is 0 Å². The molecule has 1 N–H and O–H groups in total. The summed E-state index contributed by atoms with van der Waals surface area (Å²) in [7, 11) is 3.24. The first kappa shape index (κ1) is 19.0. The number of hydrogen-bond donors (Lipinski definition) is 1. The van der Waals surface area contributed by atoms with Crippen LogP contribution in [0.5, 0.6) is 11.5 Å². The normalized spacial score (nSPS) is 28.4. The number of rotatable bonds is 5. The van der Waals surface area contributed by atoms with Gasteiger partial charge in [0, 0.05) is 18.9 Å². The molecule has 1 saturated heterocycles. The highest BCUT2D eigenvalue weighted by molar-refractivity contribution is 5.77. The van der Waals surface area contributed by atoms with Crippen LogP contribution >= 0.6 is 0 Å². The van der Waals surface area contributed by atoms with Gasteiger partial charge in [-0.15, -0.1) is 0 Å². The predicted molar refractivity (Wildman–Crippen MR) is 100 cm³/mol. The molecule has 26 heavy (non-hydrogen) atoms. The first-order valence-electron chi connectivity index (χ1n) is 9.78. The molecule has 2 aliphatic rings. The minimum absolute atomic E-state index is 0.0731. The Hall–Kier alpha value is -1.75. The van der Waals surface area contributed by atoms with Gasteiger partial charge in [0.1, 0.15) is 0 Å². The van der Waals surface area contributed by atoms with Crippen LogP contribution in [0.2, 0.25) is 0 Å². The zero-order valence-corrected chi connectivity index (χ0v) is 16.2. The Morgan fingerprint density at radius 1 is 1.23 bits per heavy atom. The molecule has 1 heterocycles. The number of nitrogens with zero attached hydrogens (tertiary/aromatic N) is 1. The number of likely N-dealkylation sites (tertiary alicyclic amines) is 1. The largest absolute Gasteiger partial charge is 0.493 e. The highest BCUT2D eigenvalue weighted by Crippen LogP contribution is 2.50. The maximum atomic E-state index is 12.8. The lowest BCUT2D eigenvalue weighted by Crippen LogP contribution is -2.56. The molecule has 3 rings (SSSR count). The molecule has 0 spiro atoms. The quantitative estimate of drug-likeness (QED) is 0.869. The molecule has 5 heteroatoms. The Labute approximate surface area is 156 Å². The second-order valence-corrected chi connectivity index (χ2v) is 7.60. The standard InChI is InChI=1S/C21H31NO4/c1-4-7-19(23)22-13-12-21(24)11-6-5-8-16(21)20(22)15-9-10-17(25-2)18(14-15)26-3/h9-10,14,16,20,24H,4-8,11-13H2,1-3H3/t16-,20-,21-/m1/s1. The molecule has 0 bridgehead atoms. The molecule has 144 valence electrons. The van der Waals surface area contributed by atoms with Gasteiger partial charge in [-0.2, -0.15) is 0 Å². The number of carbonyl (C=O) groups is 1. The number of piperidine rings is 1. The van der Waals surface area contributed by atoms with Crippen LogP contribution < -0.4 is 9.47 Å². The maximum absolute atomic E-state index is 12.8. The lowest BCUT2D eigenvalue weighted by atomic mass is 9.66. The molecule has 1 amide bonds. The molecule has 1 aromatic carbocycles. The molecule has 1 aromatic rings. The third-order valence-corrected chi connectivity index (χ3v) is 6.10. The molecule has 0 unspecified atom stereocenters. The van der Waals surface area contributed by atoms with Crippen LogP contribution in [0.25, 0.3) is 0 Å². The molecule has 1 saturated carbocycles. The van der Waals surface area contributed by atoms with Crippen molar-refractivity contribution in [3.8, 4) is 11.5 Å². The first-order chi connectivity index (χ1) is 12.5. The third kappa shape index (κ3) is 3.41. The van der Waals surface area contributed by atoms with Crippen molar-refractivity contribution in [3.05, 3.63) is 23.8 Å². The molecular weight excluding hydrogens is 330 g/mol. The fraction of sp³-hybridized carbons (Fsp3) is 0.667. The average Bonchev–Trinajstić information content (AvgIpc) is 2.66. The van der Waals surface area contributed by atoms with E-state index in [1.54, 1.807) is 14.2 Å². The zero-order valence-electron chi connectivity index (χ0n) is 16.2. The topological polar surface area (TPSA) is 59.0 Å². The van der Waals surface area contributed by atoms with E-state index in [4.69, 9.17) is 9.47 Å². The third-order valence-electron chi connectivity index (χ3n) is 6.10. The molecule has 1 aliphatic heterocycles. The Morgan fingerprint density at radius 3 is 2.69 bits per heavy atom. The smallest absolute Gasteiger partial charge is 0.223 e. The molecule has 5 nitrogen and oxygen atoms in total. The van der Waals surface area contributed by atoms with Crippen molar-refractivity contribution in [2.45, 2.75) is 63.5 Å². The Bertz CT molecular complexity index is 647. The van der Waals surface area contributed by atoms with Gasteiger partial charge in [-0.25, -0.2) is 0 Å². The van der Waals surface area contributed by atoms with E-state index in [1.165, 1.54) is 0 Å². The number of methoxy groups -OCH3 is 2. The second-order valence-electron chi connectivity index (χ2n) is 7.60. The van der Waals surface area contributed by atoms with Gasteiger partial charge >= 0.3 is 0 Å². The molecular formula is C21H31NO4. The van der Waals surface area contributed by atoms with Crippen molar-refractivity contribution in [2.75, 3.05) is 20.8 Å². The minimum Gasteiger partial charge on any atom is -0.493 e. The summed E-state index contributed by atoms with van der Waals surface area (Å²) in [6, 6.07) is 5.77. The van der Waals surface area contributed by atoms with E-state index in [9.17, 15) is 9.90 Å². The van der Waals surface area contributed by atoms with Crippen LogP contribution in [-0.4, -0.2) is 42.3 Å². The van der Waals surface area contributed by atoms with E-state index in [2.05, 4.69) is 0 Å². The summed E-state index contributed by atoms with van der Waals surface area (Å²) in [6.07, 6.45) is 6.01. The Kier molecular flexibility index (Phi) is 5.76. The molecule has 3 atom stereocenters. The van der Waals surface area contributed by atoms with Gasteiger partial charge in [0.15, 0.2) is 11.5 Å². The molecule has 1 aliphatic carbocycles. The van der Waals surface area contributed by atoms with Gasteiger partial charge < -0.3 is 19.5 Å². The number of fused-ring (bicyclic) bond motifs is 1. The van der Waals surface area contributed by atoms with E-state index in [-0.39, 0.29) is 17.9 Å². The van der Waals surface area contributed by atoms with Gasteiger partial charge in [0.2, 0.25) is 5.91 Å². The van der Waals surface area contributed by atoms with Crippen molar-refractivity contribution in [3.63, 3.8) is 0 Å². The van der Waals surface area contributed by atoms with Gasteiger partial charge in [-0.1, -0.05) is 25.8 Å². The number of carbonyl (C=O) groups excluding carboxylic acids is 1. The molecule has 2 fully saturated rings. The van der Waals surface area contributed by atoms with Crippen molar-refractivity contribution < 1.29 is 19.4 Å². The van der Waals surface area contributed by atoms with Crippen molar-refractivity contribution in [1.29, 1.82) is 0 Å². The fourth-order valence-corrected chi connectivity index (χ4v) is 4.77. The van der Waals surface area contributed by atoms with E-state index >= 15 is 0 Å². The summed E-state index contributed by atoms with van der Waals surface area (Å²) < 4.78 is 10.8. The van der Waals surface area contributed by atoms with Crippen molar-refractivity contribution in [2.24, 2.45) is 5.92 Å². The lowest BCUT2D eigenvalue weighted by molar-refractivity contribution is -0.155. The number of benzene rings is 1. The lowest BCUT2D eigenvalue weighted by Gasteiger charge is -2.52. The van der Waals surface area contributed by atoms with Crippen LogP contribution in [0.1, 0.15) is 63.5 Å². The van der Waals surface area contributed by atoms with E-state index < -0.39 is 5.60 Å². The number of aliphatic hydroxyl groups is 1. The van der Waals surface area contributed by atoms with Crippen LogP contribution in [0.3, 0.4) is 0 Å². The first-order valence-corrected chi connectivity index (χ1v) is 9.78. The average molecular weight is 361 g/mol. The summed E-state index contributed by atoms with van der Waals surface area (Å²) in [6.45, 7) is 2.65. The monoisotopic (exact) mass is 361 g/mol. The van der Waals surface area contributed by atoms with Crippen molar-refractivity contribution in [1.82, 2.24) is 4.90 Å². The Morgan fingerprint density at radius 2 is 2.00 bits per heavy atom. The molecule has 0 radical (unpaired) electrons. The van der Waals surface area contributed by atoms with Gasteiger partial charge in [0.05, 0.1) is 25.9 Å². The Balaban J connectivity index is 2.02. The number of amides is 1. The van der Waals surface area contributed by atoms with Gasteiger partial charge in [-0.05, 0) is 43.4 Å². The van der Waals surface area contributed by atoms with E-state index in [0.717, 1.165) is 37.7 Å². The zero-order chi connectivity index (χ0) is 18.7. The SMILES string of the molecule is CCCC(=O)N1CC[C@]2(O)CCCC[C@@H]2[C@H]1c1ccc(OC)c(OC)c1. The fourth-order valence-electron chi connectivity index (χ4n) is 4.77. The predicted octanol–water partition coefficient (Wildman–Crippen LogP) is 3.70. The second kappa shape index (κ2) is 7.87. The highest BCUT2D eigenvalue weighted by atomic mass is 16.5. The molecule has 0 aromatic heterocycles. The summed E-state index contributed by atoms with van der Waals surface area (Å²) in [5.41, 5.74) is 0.358. The summed E-state index contributed by atoms with van der Waals surface area (Å²) in [5.74, 6) is 1.60. The number of hydrogen-bond acceptors (Lipinski definition) is 4. The van der Waals surface area contributed by atoms with E-state index in [1.807, 2.05) is 30.0 Å². The van der Waals surface area contributed by atoms with Crippen LogP contribution in [0.15, 0.2) is 18.2 Å². The van der Waals surface area contributed by atoms with Gasteiger partial charge in [-0.3, -0.25) is 4.79 Å². The van der Waals surface area contributed by atoms with Crippen molar-refractivity contribution >= 4 is 5.91 Å². The summed E-state index contributed by atoms with van der Waals surface area (Å²) >= 11 is 0. The maximum Gasteiger partial charge on any atom is 0.223 e. The van der Waals surface area contributed by atoms with Crippen LogP contribution in [0, 0.1) is 5.92 Å².